The molecule has 5 nitrogen and oxygen atoms in total. The summed E-state index contributed by atoms with van der Waals surface area (Å²) in [6.45, 7) is 8.12. The van der Waals surface area contributed by atoms with Crippen LogP contribution in [0.25, 0.3) is 0 Å². The molecule has 1 atom stereocenters. The van der Waals surface area contributed by atoms with Crippen LogP contribution in [0.2, 0.25) is 0 Å². The van der Waals surface area contributed by atoms with Gasteiger partial charge in [0.2, 0.25) is 7.56 Å². The number of aromatic hydroxyl groups is 2. The zero-order valence-corrected chi connectivity index (χ0v) is 16.3. The third kappa shape index (κ3) is 5.59. The molecule has 6 heteroatoms. The summed E-state index contributed by atoms with van der Waals surface area (Å²) in [5.41, 5.74) is 6.61. The zero-order valence-electron chi connectivity index (χ0n) is 15.4. The summed E-state index contributed by atoms with van der Waals surface area (Å²) in [7, 11) is -2.21. The summed E-state index contributed by atoms with van der Waals surface area (Å²) in [5, 5.41) is 28.5. The smallest absolute Gasteiger partial charge is 0.201 e. The Balaban J connectivity index is 3.27. The Morgan fingerprint density at radius 1 is 1.00 bits per heavy atom. The second kappa shape index (κ2) is 10.9. The normalized spacial score (nSPS) is 13.2. The average molecular weight is 356 g/mol. The van der Waals surface area contributed by atoms with Crippen LogP contribution < -0.4 is 21.2 Å². The maximum Gasteiger partial charge on any atom is 0.201 e. The van der Waals surface area contributed by atoms with Gasteiger partial charge in [-0.3, -0.25) is 5.73 Å². The molecular formula is C18H35N3O2P+. The molecule has 1 rings (SSSR count). The molecule has 0 radical (unpaired) electrons. The van der Waals surface area contributed by atoms with Gasteiger partial charge in [0.1, 0.15) is 5.75 Å². The fourth-order valence-electron chi connectivity index (χ4n) is 2.79. The topological polar surface area (TPSA) is 90.5 Å². The van der Waals surface area contributed by atoms with Crippen molar-refractivity contribution in [3.8, 4) is 11.5 Å². The first-order valence-corrected chi connectivity index (χ1v) is 11.0. The van der Waals surface area contributed by atoms with Gasteiger partial charge >= 0.3 is 0 Å². The molecule has 0 spiro atoms. The van der Waals surface area contributed by atoms with E-state index in [2.05, 4.69) is 30.9 Å². The van der Waals surface area contributed by atoms with Crippen LogP contribution in [0, 0.1) is 0 Å². The fraction of sp³-hybridized carbons (Fsp3) is 0.667. The highest BCUT2D eigenvalue weighted by Crippen LogP contribution is 2.55. The second-order valence-corrected chi connectivity index (χ2v) is 9.50. The van der Waals surface area contributed by atoms with Crippen molar-refractivity contribution >= 4 is 12.9 Å². The van der Waals surface area contributed by atoms with Crippen molar-refractivity contribution in [3.05, 3.63) is 18.2 Å². The van der Waals surface area contributed by atoms with Gasteiger partial charge in [-0.05, 0) is 25.0 Å². The van der Waals surface area contributed by atoms with Gasteiger partial charge < -0.3 is 10.2 Å². The number of phenols is 2. The molecule has 138 valence electrons. The van der Waals surface area contributed by atoms with Crippen molar-refractivity contribution in [1.82, 2.24) is 10.2 Å². The molecule has 0 aliphatic rings. The third-order valence-corrected chi connectivity index (χ3v) is 8.02. The quantitative estimate of drug-likeness (QED) is 0.225. The Morgan fingerprint density at radius 3 is 2.08 bits per heavy atom. The lowest BCUT2D eigenvalue weighted by molar-refractivity contribution is 0.463. The van der Waals surface area contributed by atoms with Crippen LogP contribution in [-0.2, 0) is 0 Å². The largest absolute Gasteiger partial charge is 0.508 e. The van der Waals surface area contributed by atoms with Crippen molar-refractivity contribution in [2.75, 3.05) is 13.1 Å². The number of unbranched alkanes of at least 4 members (excludes halogenated alkanes) is 2. The highest BCUT2D eigenvalue weighted by molar-refractivity contribution is 7.80. The molecule has 0 heterocycles. The first-order valence-electron chi connectivity index (χ1n) is 9.18. The number of nitrogens with one attached hydrogen (secondary N) is 2. The summed E-state index contributed by atoms with van der Waals surface area (Å²) >= 11 is 0. The SMILES string of the molecule is CCCCN[P+](NCCCC)(c1cc(O)ccc1O)C(N)CCC. The van der Waals surface area contributed by atoms with Crippen molar-refractivity contribution in [1.29, 1.82) is 0 Å². The standard InChI is InChI=1S/C18H34N3O2P/c1-4-7-12-20-24(18(19)9-6-3,21-13-8-5-2)17-14-15(22)10-11-16(17)23/h10-11,14,18,20-21H,4-9,12-13,19H2,1-3H3,(H-,22,23)/p+1. The number of rotatable bonds is 12. The molecule has 24 heavy (non-hydrogen) atoms. The molecule has 0 saturated carbocycles. The number of benzene rings is 1. The van der Waals surface area contributed by atoms with E-state index in [9.17, 15) is 10.2 Å². The van der Waals surface area contributed by atoms with Gasteiger partial charge in [-0.1, -0.05) is 40.0 Å². The van der Waals surface area contributed by atoms with Crippen molar-refractivity contribution < 1.29 is 10.2 Å². The lowest BCUT2D eigenvalue weighted by Crippen LogP contribution is -2.46. The summed E-state index contributed by atoms with van der Waals surface area (Å²) in [6.07, 6.45) is 6.13. The van der Waals surface area contributed by atoms with E-state index < -0.39 is 7.56 Å². The fourth-order valence-corrected chi connectivity index (χ4v) is 6.51. The number of hydrogen-bond donors (Lipinski definition) is 5. The average Bonchev–Trinajstić information content (AvgIpc) is 2.56. The van der Waals surface area contributed by atoms with Gasteiger partial charge in [0.05, 0.1) is 0 Å². The van der Waals surface area contributed by atoms with Gasteiger partial charge in [0.25, 0.3) is 0 Å². The van der Waals surface area contributed by atoms with Crippen molar-refractivity contribution in [3.63, 3.8) is 0 Å². The lowest BCUT2D eigenvalue weighted by atomic mass is 10.3. The maximum absolute atomic E-state index is 10.5. The maximum atomic E-state index is 10.5. The molecule has 6 N–H and O–H groups in total. The van der Waals surface area contributed by atoms with Crippen LogP contribution in [0.15, 0.2) is 18.2 Å². The van der Waals surface area contributed by atoms with E-state index in [0.717, 1.165) is 56.9 Å². The summed E-state index contributed by atoms with van der Waals surface area (Å²) in [4.78, 5) is 0. The van der Waals surface area contributed by atoms with Gasteiger partial charge in [-0.25, -0.2) is 0 Å². The van der Waals surface area contributed by atoms with Gasteiger partial charge in [-0.2, -0.15) is 10.2 Å². The van der Waals surface area contributed by atoms with Crippen molar-refractivity contribution in [2.24, 2.45) is 5.73 Å². The molecule has 0 aliphatic carbocycles. The second-order valence-electron chi connectivity index (χ2n) is 6.28. The van der Waals surface area contributed by atoms with Crippen molar-refractivity contribution in [2.45, 2.75) is 65.1 Å². The molecule has 0 saturated heterocycles. The lowest BCUT2D eigenvalue weighted by Gasteiger charge is -2.33. The Morgan fingerprint density at radius 2 is 1.58 bits per heavy atom. The Hall–Kier alpha value is -0.870. The van der Waals surface area contributed by atoms with E-state index in [1.54, 1.807) is 12.1 Å². The summed E-state index contributed by atoms with van der Waals surface area (Å²) in [6, 6.07) is 4.73. The van der Waals surface area contributed by atoms with E-state index >= 15 is 0 Å². The predicted octanol–water partition coefficient (Wildman–Crippen LogP) is 3.44. The molecule has 1 aromatic carbocycles. The van der Waals surface area contributed by atoms with E-state index in [1.165, 1.54) is 6.07 Å². The Kier molecular flexibility index (Phi) is 9.60. The van der Waals surface area contributed by atoms with Crippen LogP contribution in [0.3, 0.4) is 0 Å². The van der Waals surface area contributed by atoms with Crippen LogP contribution >= 0.6 is 7.56 Å². The molecule has 1 aromatic rings. The highest BCUT2D eigenvalue weighted by atomic mass is 31.2. The number of phenolic OH excluding ortho intramolecular Hbond substituents is 2. The molecule has 1 unspecified atom stereocenters. The molecular weight excluding hydrogens is 321 g/mol. The number of hydrogen-bond acceptors (Lipinski definition) is 5. The first-order chi connectivity index (χ1) is 11.5. The predicted molar refractivity (Wildman–Crippen MR) is 105 cm³/mol. The summed E-state index contributed by atoms with van der Waals surface area (Å²) in [5.74, 6) is 0.245. The Bertz CT molecular complexity index is 475. The van der Waals surface area contributed by atoms with Crippen LogP contribution in [0.1, 0.15) is 59.3 Å². The third-order valence-electron chi connectivity index (χ3n) is 4.20. The van der Waals surface area contributed by atoms with E-state index in [0.29, 0.717) is 0 Å². The Labute approximate surface area is 147 Å². The molecule has 0 aliphatic heterocycles. The highest BCUT2D eigenvalue weighted by Gasteiger charge is 2.48. The minimum Gasteiger partial charge on any atom is -0.508 e. The molecule has 0 fully saturated rings. The van der Waals surface area contributed by atoms with E-state index in [4.69, 9.17) is 5.73 Å². The first kappa shape index (κ1) is 21.2. The van der Waals surface area contributed by atoms with Gasteiger partial charge in [-0.15, -0.1) is 0 Å². The molecule has 0 bridgehead atoms. The van der Waals surface area contributed by atoms with Crippen LogP contribution in [0.4, 0.5) is 0 Å². The van der Waals surface area contributed by atoms with Crippen LogP contribution in [0.5, 0.6) is 11.5 Å². The monoisotopic (exact) mass is 356 g/mol. The minimum absolute atomic E-state index is 0.107. The minimum atomic E-state index is -2.21. The van der Waals surface area contributed by atoms with E-state index in [-0.39, 0.29) is 17.3 Å². The summed E-state index contributed by atoms with van der Waals surface area (Å²) < 4.78 is 0. The molecule has 0 amide bonds. The zero-order chi connectivity index (χ0) is 18.0. The van der Waals surface area contributed by atoms with Crippen LogP contribution in [-0.4, -0.2) is 29.1 Å². The van der Waals surface area contributed by atoms with Gasteiger partial charge in [0, 0.05) is 25.6 Å². The number of nitrogens with two attached hydrogens (primary N) is 1. The van der Waals surface area contributed by atoms with Gasteiger partial charge in [0.15, 0.2) is 16.8 Å². The molecule has 0 aromatic heterocycles. The van der Waals surface area contributed by atoms with E-state index in [1.807, 2.05) is 0 Å².